The zero-order valence-corrected chi connectivity index (χ0v) is 28.2. The maximum atomic E-state index is 11.7. The number of nitrogens with zero attached hydrogens (tertiary/aromatic N) is 2. The van der Waals surface area contributed by atoms with Crippen LogP contribution in [-0.4, -0.2) is 75.1 Å². The number of ether oxygens (including phenoxy) is 3. The van der Waals surface area contributed by atoms with Crippen LogP contribution in [0, 0.1) is 0 Å². The highest BCUT2D eigenvalue weighted by molar-refractivity contribution is 6.74. The molecule has 1 aliphatic rings. The molecule has 1 N–H and O–H groups in total. The van der Waals surface area contributed by atoms with E-state index in [9.17, 15) is 9.59 Å². The molecule has 1 fully saturated rings. The summed E-state index contributed by atoms with van der Waals surface area (Å²) in [6.45, 7) is 15.3. The Hall–Kier alpha value is -3.44. The molecule has 2 aromatic carbocycles. The van der Waals surface area contributed by atoms with Crippen molar-refractivity contribution in [3.63, 3.8) is 0 Å². The molecule has 2 aromatic heterocycles. The zero-order chi connectivity index (χ0) is 32.3. The van der Waals surface area contributed by atoms with Crippen molar-refractivity contribution in [1.82, 2.24) is 9.13 Å². The fourth-order valence-electron chi connectivity index (χ4n) is 4.48. The van der Waals surface area contributed by atoms with Crippen molar-refractivity contribution >= 4 is 42.1 Å². The van der Waals surface area contributed by atoms with Crippen molar-refractivity contribution in [2.45, 2.75) is 64.8 Å². The van der Waals surface area contributed by atoms with Gasteiger partial charge in [-0.1, -0.05) is 32.9 Å². The summed E-state index contributed by atoms with van der Waals surface area (Å²) in [7, 11) is 1.03. The van der Waals surface area contributed by atoms with Crippen LogP contribution in [-0.2, 0) is 31.7 Å². The summed E-state index contributed by atoms with van der Waals surface area (Å²) in [6, 6.07) is 15.0. The van der Waals surface area contributed by atoms with Crippen molar-refractivity contribution in [1.29, 1.82) is 0 Å². The van der Waals surface area contributed by atoms with Gasteiger partial charge >= 0.3 is 11.9 Å². The van der Waals surface area contributed by atoms with E-state index in [2.05, 4.69) is 49.2 Å². The third kappa shape index (κ3) is 9.28. The Morgan fingerprint density at radius 3 is 1.68 bits per heavy atom. The normalized spacial score (nSPS) is 13.2. The number of fused-ring (bicyclic) bond motifs is 2. The molecule has 0 atom stereocenters. The van der Waals surface area contributed by atoms with E-state index in [4.69, 9.17) is 19.0 Å². The predicted octanol–water partition coefficient (Wildman–Crippen LogP) is 6.67. The first kappa shape index (κ1) is 35.0. The van der Waals surface area contributed by atoms with Crippen molar-refractivity contribution in [2.24, 2.45) is 0 Å². The molecule has 3 heterocycles. The van der Waals surface area contributed by atoms with Crippen LogP contribution < -0.4 is 0 Å². The average Bonchev–Trinajstić information content (AvgIpc) is 3.79. The van der Waals surface area contributed by atoms with Crippen LogP contribution in [0.25, 0.3) is 21.8 Å². The lowest BCUT2D eigenvalue weighted by atomic mass is 10.1. The number of methoxy groups -OCH3 is 2. The Bertz CT molecular complexity index is 1510. The van der Waals surface area contributed by atoms with Gasteiger partial charge in [0.2, 0.25) is 0 Å². The quantitative estimate of drug-likeness (QED) is 0.173. The van der Waals surface area contributed by atoms with Gasteiger partial charge in [0.15, 0.2) is 8.32 Å². The molecule has 0 bridgehead atoms. The van der Waals surface area contributed by atoms with Crippen LogP contribution in [0.4, 0.5) is 0 Å². The number of esters is 2. The van der Waals surface area contributed by atoms with Crippen molar-refractivity contribution in [2.75, 3.05) is 40.6 Å². The molecule has 0 amide bonds. The third-order valence-electron chi connectivity index (χ3n) is 8.16. The minimum atomic E-state index is -1.73. The van der Waals surface area contributed by atoms with Gasteiger partial charge in [-0.3, -0.25) is 0 Å². The molecule has 5 rings (SSSR count). The van der Waals surface area contributed by atoms with Gasteiger partial charge in [-0.15, -0.1) is 0 Å². The molecule has 1 aliphatic heterocycles. The molecular formula is C34H48N2O7Si. The summed E-state index contributed by atoms with van der Waals surface area (Å²) in [5, 5.41) is 11.3. The standard InChI is InChI=1S/C18H27NO3Si.C12H13NO3.C4H8O/c1-18(2,3)23(5,6)22-12-11-19-10-9-14-7-8-15(13-16(14)19)17(20)21-4;1-16-12(15)10-3-2-9-4-5-13(6-7-14)11(9)8-10;1-2-4-5-3-1/h7-10,13H,11-12H2,1-6H3;2-5,8,14H,6-7H2,1H3;1-4H2. The number of aliphatic hydroxyl groups is 1. The second kappa shape index (κ2) is 16.0. The maximum Gasteiger partial charge on any atom is 0.337 e. The molecule has 44 heavy (non-hydrogen) atoms. The van der Waals surface area contributed by atoms with Crippen molar-refractivity contribution < 1.29 is 33.3 Å². The summed E-state index contributed by atoms with van der Waals surface area (Å²) in [5.74, 6) is -0.657. The van der Waals surface area contributed by atoms with Gasteiger partial charge in [0, 0.05) is 49.7 Å². The summed E-state index contributed by atoms with van der Waals surface area (Å²) < 4.78 is 24.7. The maximum absolute atomic E-state index is 11.7. The Labute approximate surface area is 261 Å². The number of rotatable bonds is 8. The number of hydrogen-bond donors (Lipinski definition) is 1. The summed E-state index contributed by atoms with van der Waals surface area (Å²) in [5.41, 5.74) is 3.06. The molecule has 0 aliphatic carbocycles. The van der Waals surface area contributed by atoms with E-state index >= 15 is 0 Å². The van der Waals surface area contributed by atoms with Crippen LogP contribution in [0.2, 0.25) is 18.1 Å². The number of aliphatic hydroxyl groups excluding tert-OH is 1. The lowest BCUT2D eigenvalue weighted by Gasteiger charge is -2.36. The molecule has 240 valence electrons. The highest BCUT2D eigenvalue weighted by Crippen LogP contribution is 2.36. The number of aromatic nitrogens is 2. The molecule has 4 aromatic rings. The second-order valence-electron chi connectivity index (χ2n) is 12.2. The fourth-order valence-corrected chi connectivity index (χ4v) is 5.52. The first-order valence-electron chi connectivity index (χ1n) is 15.1. The predicted molar refractivity (Wildman–Crippen MR) is 177 cm³/mol. The van der Waals surface area contributed by atoms with E-state index in [1.807, 2.05) is 41.2 Å². The second-order valence-corrected chi connectivity index (χ2v) is 17.0. The highest BCUT2D eigenvalue weighted by Gasteiger charge is 2.36. The molecule has 0 spiro atoms. The highest BCUT2D eigenvalue weighted by atomic mass is 28.4. The number of carbonyl (C=O) groups is 2. The van der Waals surface area contributed by atoms with Crippen LogP contribution in [0.15, 0.2) is 60.9 Å². The number of carbonyl (C=O) groups excluding carboxylic acids is 2. The Morgan fingerprint density at radius 1 is 0.818 bits per heavy atom. The van der Waals surface area contributed by atoms with Crippen LogP contribution in [0.5, 0.6) is 0 Å². The monoisotopic (exact) mass is 624 g/mol. The Kier molecular flexibility index (Phi) is 12.8. The van der Waals surface area contributed by atoms with E-state index < -0.39 is 8.32 Å². The van der Waals surface area contributed by atoms with E-state index in [0.717, 1.165) is 41.6 Å². The van der Waals surface area contributed by atoms with Gasteiger partial charge in [0.05, 0.1) is 38.6 Å². The van der Waals surface area contributed by atoms with E-state index in [1.54, 1.807) is 18.2 Å². The Morgan fingerprint density at radius 2 is 1.30 bits per heavy atom. The van der Waals surface area contributed by atoms with Crippen LogP contribution in [0.3, 0.4) is 0 Å². The Balaban J connectivity index is 0.000000216. The summed E-state index contributed by atoms with van der Waals surface area (Å²) in [6.07, 6.45) is 6.49. The van der Waals surface area contributed by atoms with Gasteiger partial charge in [-0.2, -0.15) is 0 Å². The fraction of sp³-hybridized carbons (Fsp3) is 0.471. The minimum Gasteiger partial charge on any atom is -0.465 e. The first-order valence-corrected chi connectivity index (χ1v) is 18.0. The lowest BCUT2D eigenvalue weighted by Crippen LogP contribution is -2.41. The van der Waals surface area contributed by atoms with E-state index in [1.165, 1.54) is 27.1 Å². The van der Waals surface area contributed by atoms with Gasteiger partial charge < -0.3 is 32.9 Å². The molecule has 0 unspecified atom stereocenters. The lowest BCUT2D eigenvalue weighted by molar-refractivity contribution is 0.0592. The first-order chi connectivity index (χ1) is 20.9. The topological polar surface area (TPSA) is 101 Å². The zero-order valence-electron chi connectivity index (χ0n) is 27.2. The van der Waals surface area contributed by atoms with E-state index in [0.29, 0.717) is 24.3 Å². The molecule has 9 nitrogen and oxygen atoms in total. The van der Waals surface area contributed by atoms with Gasteiger partial charge in [0.25, 0.3) is 0 Å². The van der Waals surface area contributed by atoms with Gasteiger partial charge in [-0.25, -0.2) is 9.59 Å². The van der Waals surface area contributed by atoms with Crippen LogP contribution in [0.1, 0.15) is 54.3 Å². The molecule has 0 radical (unpaired) electrons. The van der Waals surface area contributed by atoms with Crippen molar-refractivity contribution in [3.05, 3.63) is 72.1 Å². The summed E-state index contributed by atoms with van der Waals surface area (Å²) in [4.78, 5) is 23.1. The third-order valence-corrected chi connectivity index (χ3v) is 12.7. The number of benzene rings is 2. The van der Waals surface area contributed by atoms with E-state index in [-0.39, 0.29) is 23.6 Å². The van der Waals surface area contributed by atoms with Gasteiger partial charge in [-0.05, 0) is 78.1 Å². The smallest absolute Gasteiger partial charge is 0.337 e. The molecule has 0 saturated carbocycles. The molecule has 1 saturated heterocycles. The van der Waals surface area contributed by atoms with Crippen LogP contribution >= 0.6 is 0 Å². The van der Waals surface area contributed by atoms with Crippen molar-refractivity contribution in [3.8, 4) is 0 Å². The minimum absolute atomic E-state index is 0.0756. The number of hydrogen-bond acceptors (Lipinski definition) is 7. The average molecular weight is 625 g/mol. The SMILES string of the molecule is C1CCOC1.COC(=O)c1ccc2ccn(CCO)c2c1.COC(=O)c1ccc2ccn(CCO[Si](C)(C)C(C)(C)C)c2c1. The molecular weight excluding hydrogens is 576 g/mol. The largest absolute Gasteiger partial charge is 0.465 e. The van der Waals surface area contributed by atoms with Gasteiger partial charge in [0.1, 0.15) is 0 Å². The molecule has 10 heteroatoms. The summed E-state index contributed by atoms with van der Waals surface area (Å²) >= 11 is 0.